The van der Waals surface area contributed by atoms with Crippen LogP contribution in [0.15, 0.2) is 36.4 Å². The van der Waals surface area contributed by atoms with Gasteiger partial charge in [-0.15, -0.1) is 0 Å². The van der Waals surface area contributed by atoms with E-state index in [1.807, 2.05) is 0 Å². The average molecular weight is 393 g/mol. The Labute approximate surface area is 160 Å². The molecule has 3 radical (unpaired) electrons. The van der Waals surface area contributed by atoms with Crippen LogP contribution in [-0.4, -0.2) is 10.2 Å². The molecule has 0 aromatic heterocycles. The fourth-order valence-corrected chi connectivity index (χ4v) is 3.95. The molecule has 0 heterocycles. The third-order valence-electron chi connectivity index (χ3n) is 5.35. The van der Waals surface area contributed by atoms with Crippen molar-refractivity contribution in [3.63, 3.8) is 0 Å². The Morgan fingerprint density at radius 2 is 1.56 bits per heavy atom. The predicted octanol–water partition coefficient (Wildman–Crippen LogP) is 6.26. The molecule has 1 aliphatic rings. The lowest BCUT2D eigenvalue weighted by molar-refractivity contribution is -0.185. The molecule has 1 aliphatic carbocycles. The van der Waals surface area contributed by atoms with Crippen LogP contribution in [0, 0.1) is 24.5 Å². The van der Waals surface area contributed by atoms with Crippen molar-refractivity contribution in [2.75, 3.05) is 0 Å². The monoisotopic (exact) mass is 393 g/mol. The van der Waals surface area contributed by atoms with Gasteiger partial charge in [-0.25, -0.2) is 8.78 Å². The molecule has 1 saturated carbocycles. The van der Waals surface area contributed by atoms with E-state index in [1.165, 1.54) is 19.1 Å². The number of alkyl halides is 2. The highest BCUT2D eigenvalue weighted by atomic mass is 28.1. The zero-order valence-electron chi connectivity index (χ0n) is 15.1. The van der Waals surface area contributed by atoms with Gasteiger partial charge in [-0.2, -0.15) is 8.78 Å². The van der Waals surface area contributed by atoms with E-state index < -0.39 is 23.5 Å². The Hall–Kier alpha value is -1.82. The third-order valence-corrected chi connectivity index (χ3v) is 5.93. The highest BCUT2D eigenvalue weighted by Gasteiger charge is 2.35. The largest absolute Gasteiger partial charge is 0.429 e. The van der Waals surface area contributed by atoms with Gasteiger partial charge in [-0.05, 0) is 49.3 Å². The van der Waals surface area contributed by atoms with E-state index in [1.54, 1.807) is 12.1 Å². The predicted molar refractivity (Wildman–Crippen MR) is 97.3 cm³/mol. The molecule has 0 saturated heterocycles. The van der Waals surface area contributed by atoms with Crippen LogP contribution in [0.5, 0.6) is 5.75 Å². The number of ether oxygens (including phenoxy) is 1. The number of hydrogen-bond acceptors (Lipinski definition) is 1. The van der Waals surface area contributed by atoms with E-state index in [9.17, 15) is 17.6 Å². The minimum atomic E-state index is -3.68. The van der Waals surface area contributed by atoms with E-state index in [2.05, 4.69) is 15.0 Å². The lowest BCUT2D eigenvalue weighted by Crippen LogP contribution is -2.22. The summed E-state index contributed by atoms with van der Waals surface area (Å²) >= 11 is 0. The van der Waals surface area contributed by atoms with Crippen LogP contribution in [0.2, 0.25) is 6.04 Å². The van der Waals surface area contributed by atoms with Crippen LogP contribution in [0.1, 0.15) is 48.3 Å². The first kappa shape index (κ1) is 19.9. The number of hydrogen-bond donors (Lipinski definition) is 0. The van der Waals surface area contributed by atoms with Gasteiger partial charge in [-0.1, -0.05) is 31.0 Å². The van der Waals surface area contributed by atoms with E-state index >= 15 is 0 Å². The molecule has 0 N–H and O–H groups in total. The Morgan fingerprint density at radius 3 is 2.07 bits per heavy atom. The molecule has 0 spiro atoms. The summed E-state index contributed by atoms with van der Waals surface area (Å²) in [5, 5.41) is 0. The Kier molecular flexibility index (Phi) is 5.94. The fraction of sp³-hybridized carbons (Fsp3) is 0.429. The number of halogens is 4. The van der Waals surface area contributed by atoms with Crippen LogP contribution < -0.4 is 4.74 Å². The normalized spacial score (nSPS) is 20.5. The van der Waals surface area contributed by atoms with Crippen molar-refractivity contribution in [3.8, 4) is 5.75 Å². The van der Waals surface area contributed by atoms with Crippen molar-refractivity contribution in [1.29, 1.82) is 0 Å². The highest BCUT2D eigenvalue weighted by Crippen LogP contribution is 2.38. The molecule has 0 bridgehead atoms. The summed E-state index contributed by atoms with van der Waals surface area (Å²) < 4.78 is 60.5. The maximum atomic E-state index is 14.4. The first-order valence-corrected chi connectivity index (χ1v) is 9.78. The van der Waals surface area contributed by atoms with Gasteiger partial charge >= 0.3 is 6.11 Å². The number of benzene rings is 2. The molecule has 1 fully saturated rings. The van der Waals surface area contributed by atoms with Crippen LogP contribution in [0.25, 0.3) is 0 Å². The molecule has 3 rings (SSSR count). The van der Waals surface area contributed by atoms with Crippen LogP contribution in [0.4, 0.5) is 17.6 Å². The molecule has 1 nitrogen and oxygen atoms in total. The van der Waals surface area contributed by atoms with Crippen LogP contribution >= 0.6 is 0 Å². The van der Waals surface area contributed by atoms with Gasteiger partial charge < -0.3 is 4.74 Å². The maximum absolute atomic E-state index is 14.4. The molecule has 0 amide bonds. The van der Waals surface area contributed by atoms with Crippen LogP contribution in [0.3, 0.4) is 0 Å². The van der Waals surface area contributed by atoms with Gasteiger partial charge in [0.05, 0.1) is 5.56 Å². The van der Waals surface area contributed by atoms with Crippen molar-refractivity contribution in [3.05, 3.63) is 64.7 Å². The van der Waals surface area contributed by atoms with E-state index in [-0.39, 0.29) is 11.1 Å². The van der Waals surface area contributed by atoms with Gasteiger partial charge in [0, 0.05) is 27.9 Å². The van der Waals surface area contributed by atoms with E-state index in [0.29, 0.717) is 11.8 Å². The Morgan fingerprint density at radius 1 is 1.00 bits per heavy atom. The van der Waals surface area contributed by atoms with Gasteiger partial charge in [0.1, 0.15) is 17.4 Å². The van der Waals surface area contributed by atoms with E-state index in [0.717, 1.165) is 49.4 Å². The topological polar surface area (TPSA) is 9.23 Å². The lowest BCUT2D eigenvalue weighted by atomic mass is 9.79. The van der Waals surface area contributed by atoms with Gasteiger partial charge in [0.2, 0.25) is 0 Å². The molecule has 0 atom stereocenters. The maximum Gasteiger partial charge on any atom is 0.426 e. The smallest absolute Gasteiger partial charge is 0.426 e. The van der Waals surface area contributed by atoms with Crippen molar-refractivity contribution >= 4 is 10.2 Å². The zero-order valence-corrected chi connectivity index (χ0v) is 16.1. The second kappa shape index (κ2) is 8.05. The molecular formula is C21H21F4OSi. The third kappa shape index (κ3) is 4.54. The summed E-state index contributed by atoms with van der Waals surface area (Å²) in [7, 11) is 3.56. The van der Waals surface area contributed by atoms with Crippen molar-refractivity contribution in [1.82, 2.24) is 0 Å². The first-order chi connectivity index (χ1) is 12.8. The fourth-order valence-electron chi connectivity index (χ4n) is 3.54. The Bertz CT molecular complexity index is 760. The van der Waals surface area contributed by atoms with Gasteiger partial charge in [0.25, 0.3) is 0 Å². The summed E-state index contributed by atoms with van der Waals surface area (Å²) in [5.41, 5.74) is 0.459. The Balaban J connectivity index is 1.72. The molecule has 0 aliphatic heterocycles. The van der Waals surface area contributed by atoms with Crippen molar-refractivity contribution in [2.24, 2.45) is 5.92 Å². The SMILES string of the molecule is Cc1c(F)cc(OC(F)(F)c2ccc(C3CCC(C[Si])CC3)cc2)cc1F. The first-order valence-electron chi connectivity index (χ1n) is 9.07. The standard InChI is InChI=1S/C21H21F4OSi/c1-13-19(22)10-18(11-20(13)23)26-21(24,25)17-8-6-16(7-9-17)15-4-2-14(12-27)3-5-15/h6-11,14-15H,2-5,12H2,1H3. The number of rotatable bonds is 5. The molecule has 143 valence electrons. The minimum absolute atomic E-state index is 0.232. The second-order valence-corrected chi connectivity index (χ2v) is 7.58. The summed E-state index contributed by atoms with van der Waals surface area (Å²) in [5.74, 6) is -1.32. The lowest BCUT2D eigenvalue weighted by Gasteiger charge is -2.28. The molecule has 0 unspecified atom stereocenters. The summed E-state index contributed by atoms with van der Waals surface area (Å²) in [4.78, 5) is 0. The minimum Gasteiger partial charge on any atom is -0.429 e. The average Bonchev–Trinajstić information content (AvgIpc) is 2.66. The van der Waals surface area contributed by atoms with E-state index in [4.69, 9.17) is 0 Å². The molecule has 27 heavy (non-hydrogen) atoms. The van der Waals surface area contributed by atoms with Crippen molar-refractivity contribution < 1.29 is 22.3 Å². The summed E-state index contributed by atoms with van der Waals surface area (Å²) in [6.45, 7) is 1.23. The molecule has 2 aromatic rings. The molecule has 6 heteroatoms. The quantitative estimate of drug-likeness (QED) is 0.430. The van der Waals surface area contributed by atoms with Crippen LogP contribution in [-0.2, 0) is 6.11 Å². The summed E-state index contributed by atoms with van der Waals surface area (Å²) in [6.07, 6.45) is 0.659. The molecular weight excluding hydrogens is 372 g/mol. The highest BCUT2D eigenvalue weighted by molar-refractivity contribution is 6.08. The van der Waals surface area contributed by atoms with Gasteiger partial charge in [-0.3, -0.25) is 0 Å². The zero-order chi connectivity index (χ0) is 19.6. The van der Waals surface area contributed by atoms with Crippen molar-refractivity contribution in [2.45, 2.75) is 50.7 Å². The molecule has 2 aromatic carbocycles. The van der Waals surface area contributed by atoms with Gasteiger partial charge in [0.15, 0.2) is 0 Å². The summed E-state index contributed by atoms with van der Waals surface area (Å²) in [6, 6.07) is 8.57. The second-order valence-electron chi connectivity index (χ2n) is 7.17.